The molecule has 0 spiro atoms. The number of hydrogen-bond donors (Lipinski definition) is 2. The minimum atomic E-state index is 0.522. The third-order valence-corrected chi connectivity index (χ3v) is 2.08. The number of aromatic amines is 1. The number of nitrogens with zero attached hydrogens (tertiary/aromatic N) is 2. The first-order valence-corrected chi connectivity index (χ1v) is 4.17. The standard InChI is InChI=1S/C9H12N4/c1-13-8(5-10)4-9(12-13)7-2-3-11-6-7/h2-4,6,11H,5,10H2,1H3. The molecular formula is C9H12N4. The van der Waals surface area contributed by atoms with Gasteiger partial charge in [-0.3, -0.25) is 4.68 Å². The Balaban J connectivity index is 2.43. The summed E-state index contributed by atoms with van der Waals surface area (Å²) in [6.07, 6.45) is 3.80. The molecule has 0 aliphatic heterocycles. The molecule has 0 amide bonds. The van der Waals surface area contributed by atoms with E-state index in [1.54, 1.807) is 0 Å². The molecule has 0 aromatic carbocycles. The van der Waals surface area contributed by atoms with Crippen molar-refractivity contribution >= 4 is 0 Å². The van der Waals surface area contributed by atoms with Crippen LogP contribution in [0.3, 0.4) is 0 Å². The lowest BCUT2D eigenvalue weighted by Gasteiger charge is -1.93. The first-order chi connectivity index (χ1) is 6.31. The molecule has 2 aromatic rings. The highest BCUT2D eigenvalue weighted by atomic mass is 15.3. The molecule has 2 heterocycles. The number of hydrogen-bond acceptors (Lipinski definition) is 2. The summed E-state index contributed by atoms with van der Waals surface area (Å²) in [6.45, 7) is 0.522. The second-order valence-corrected chi connectivity index (χ2v) is 2.95. The number of rotatable bonds is 2. The third-order valence-electron chi connectivity index (χ3n) is 2.08. The summed E-state index contributed by atoms with van der Waals surface area (Å²) >= 11 is 0. The second-order valence-electron chi connectivity index (χ2n) is 2.95. The summed E-state index contributed by atoms with van der Waals surface area (Å²) in [5, 5.41) is 4.34. The van der Waals surface area contributed by atoms with Crippen molar-refractivity contribution in [3.05, 3.63) is 30.2 Å². The van der Waals surface area contributed by atoms with Crippen LogP contribution in [-0.4, -0.2) is 14.8 Å². The van der Waals surface area contributed by atoms with E-state index in [0.29, 0.717) is 6.54 Å². The van der Waals surface area contributed by atoms with Gasteiger partial charge >= 0.3 is 0 Å². The normalized spacial score (nSPS) is 10.6. The Morgan fingerprint density at radius 1 is 1.62 bits per heavy atom. The maximum atomic E-state index is 5.55. The van der Waals surface area contributed by atoms with Crippen LogP contribution in [-0.2, 0) is 13.6 Å². The summed E-state index contributed by atoms with van der Waals surface area (Å²) in [5.74, 6) is 0. The van der Waals surface area contributed by atoms with Gasteiger partial charge in [-0.05, 0) is 12.1 Å². The molecule has 0 radical (unpaired) electrons. The van der Waals surface area contributed by atoms with Crippen molar-refractivity contribution in [3.63, 3.8) is 0 Å². The van der Waals surface area contributed by atoms with Crippen LogP contribution in [0.5, 0.6) is 0 Å². The number of H-pyrrole nitrogens is 1. The van der Waals surface area contributed by atoms with Crippen molar-refractivity contribution in [2.45, 2.75) is 6.54 Å². The molecule has 0 bridgehead atoms. The summed E-state index contributed by atoms with van der Waals surface area (Å²) in [6, 6.07) is 3.99. The van der Waals surface area contributed by atoms with E-state index in [9.17, 15) is 0 Å². The quantitative estimate of drug-likeness (QED) is 0.713. The van der Waals surface area contributed by atoms with Crippen molar-refractivity contribution in [2.24, 2.45) is 12.8 Å². The lowest BCUT2D eigenvalue weighted by molar-refractivity contribution is 0.714. The highest BCUT2D eigenvalue weighted by Gasteiger charge is 2.05. The van der Waals surface area contributed by atoms with Crippen LogP contribution in [0.25, 0.3) is 11.3 Å². The lowest BCUT2D eigenvalue weighted by atomic mass is 10.2. The van der Waals surface area contributed by atoms with Gasteiger partial charge < -0.3 is 10.7 Å². The number of aromatic nitrogens is 3. The summed E-state index contributed by atoms with van der Waals surface area (Å²) in [7, 11) is 1.90. The average molecular weight is 176 g/mol. The highest BCUT2D eigenvalue weighted by molar-refractivity contribution is 5.58. The molecule has 0 atom stereocenters. The van der Waals surface area contributed by atoms with Crippen LogP contribution in [0.15, 0.2) is 24.5 Å². The fourth-order valence-corrected chi connectivity index (χ4v) is 1.32. The van der Waals surface area contributed by atoms with E-state index in [2.05, 4.69) is 10.1 Å². The largest absolute Gasteiger partial charge is 0.367 e. The molecule has 2 rings (SSSR count). The zero-order chi connectivity index (χ0) is 9.26. The van der Waals surface area contributed by atoms with Crippen LogP contribution < -0.4 is 5.73 Å². The molecule has 0 aliphatic rings. The Bertz CT molecular complexity index is 386. The molecule has 3 N–H and O–H groups in total. The topological polar surface area (TPSA) is 59.6 Å². The fraction of sp³-hybridized carbons (Fsp3) is 0.222. The van der Waals surface area contributed by atoms with Crippen LogP contribution in [0, 0.1) is 0 Å². The fourth-order valence-electron chi connectivity index (χ4n) is 1.32. The van der Waals surface area contributed by atoms with Crippen molar-refractivity contribution < 1.29 is 0 Å². The second kappa shape index (κ2) is 3.06. The van der Waals surface area contributed by atoms with E-state index in [-0.39, 0.29) is 0 Å². The van der Waals surface area contributed by atoms with Gasteiger partial charge in [0.05, 0.1) is 11.4 Å². The van der Waals surface area contributed by atoms with Crippen molar-refractivity contribution in [3.8, 4) is 11.3 Å². The van der Waals surface area contributed by atoms with Gasteiger partial charge in [0.25, 0.3) is 0 Å². The molecule has 2 aromatic heterocycles. The van der Waals surface area contributed by atoms with Crippen LogP contribution >= 0.6 is 0 Å². The maximum Gasteiger partial charge on any atom is 0.0941 e. The van der Waals surface area contributed by atoms with Gasteiger partial charge in [0.15, 0.2) is 0 Å². The Morgan fingerprint density at radius 3 is 3.00 bits per heavy atom. The van der Waals surface area contributed by atoms with Crippen LogP contribution in [0.2, 0.25) is 0 Å². The van der Waals surface area contributed by atoms with Crippen molar-refractivity contribution in [1.29, 1.82) is 0 Å². The monoisotopic (exact) mass is 176 g/mol. The Labute approximate surface area is 76.4 Å². The molecule has 4 nitrogen and oxygen atoms in total. The molecule has 0 saturated carbocycles. The molecule has 13 heavy (non-hydrogen) atoms. The first-order valence-electron chi connectivity index (χ1n) is 4.17. The molecule has 0 aliphatic carbocycles. The molecule has 0 unspecified atom stereocenters. The van der Waals surface area contributed by atoms with E-state index in [1.165, 1.54) is 0 Å². The zero-order valence-electron chi connectivity index (χ0n) is 7.49. The van der Waals surface area contributed by atoms with E-state index in [4.69, 9.17) is 5.73 Å². The summed E-state index contributed by atoms with van der Waals surface area (Å²) in [5.41, 5.74) is 8.64. The molecule has 0 fully saturated rings. The van der Waals surface area contributed by atoms with Gasteiger partial charge in [-0.2, -0.15) is 5.10 Å². The molecule has 4 heteroatoms. The van der Waals surface area contributed by atoms with Gasteiger partial charge in [-0.15, -0.1) is 0 Å². The minimum absolute atomic E-state index is 0.522. The number of nitrogens with one attached hydrogen (secondary N) is 1. The van der Waals surface area contributed by atoms with Gasteiger partial charge in [0.1, 0.15) is 0 Å². The van der Waals surface area contributed by atoms with Crippen LogP contribution in [0.4, 0.5) is 0 Å². The van der Waals surface area contributed by atoms with E-state index < -0.39 is 0 Å². The Kier molecular flexibility index (Phi) is 1.90. The lowest BCUT2D eigenvalue weighted by Crippen LogP contribution is -2.03. The van der Waals surface area contributed by atoms with Gasteiger partial charge in [-0.1, -0.05) is 0 Å². The predicted molar refractivity (Wildman–Crippen MR) is 50.9 cm³/mol. The van der Waals surface area contributed by atoms with Crippen molar-refractivity contribution in [2.75, 3.05) is 0 Å². The SMILES string of the molecule is Cn1nc(-c2cc[nH]c2)cc1CN. The van der Waals surface area contributed by atoms with E-state index in [1.807, 2.05) is 36.3 Å². The first kappa shape index (κ1) is 8.07. The predicted octanol–water partition coefficient (Wildman–Crippen LogP) is 0.874. The smallest absolute Gasteiger partial charge is 0.0941 e. The summed E-state index contributed by atoms with van der Waals surface area (Å²) in [4.78, 5) is 2.99. The van der Waals surface area contributed by atoms with Gasteiger partial charge in [-0.25, -0.2) is 0 Å². The summed E-state index contributed by atoms with van der Waals surface area (Å²) < 4.78 is 1.81. The molecule has 68 valence electrons. The molecule has 0 saturated heterocycles. The third kappa shape index (κ3) is 1.36. The number of nitrogens with two attached hydrogens (primary N) is 1. The van der Waals surface area contributed by atoms with E-state index >= 15 is 0 Å². The Morgan fingerprint density at radius 2 is 2.46 bits per heavy atom. The zero-order valence-corrected chi connectivity index (χ0v) is 7.49. The van der Waals surface area contributed by atoms with E-state index in [0.717, 1.165) is 17.0 Å². The average Bonchev–Trinajstić information content (AvgIpc) is 2.71. The number of aryl methyl sites for hydroxylation is 1. The Hall–Kier alpha value is -1.55. The highest BCUT2D eigenvalue weighted by Crippen LogP contribution is 2.17. The van der Waals surface area contributed by atoms with Crippen LogP contribution in [0.1, 0.15) is 5.69 Å². The minimum Gasteiger partial charge on any atom is -0.367 e. The maximum absolute atomic E-state index is 5.55. The van der Waals surface area contributed by atoms with Crippen molar-refractivity contribution in [1.82, 2.24) is 14.8 Å². The van der Waals surface area contributed by atoms with Gasteiger partial charge in [0, 0.05) is 31.5 Å². The van der Waals surface area contributed by atoms with Gasteiger partial charge in [0.2, 0.25) is 0 Å². The molecular weight excluding hydrogens is 164 g/mol.